The molecule has 0 aromatic heterocycles. The molecule has 0 spiro atoms. The van der Waals surface area contributed by atoms with Gasteiger partial charge in [-0.3, -0.25) is 4.79 Å². The summed E-state index contributed by atoms with van der Waals surface area (Å²) in [6.45, 7) is -0.209. The number of benzene rings is 2. The van der Waals surface area contributed by atoms with Crippen LogP contribution in [0.1, 0.15) is 12.0 Å². The lowest BCUT2D eigenvalue weighted by Gasteiger charge is -2.18. The summed E-state index contributed by atoms with van der Waals surface area (Å²) >= 11 is 0. The van der Waals surface area contributed by atoms with Gasteiger partial charge in [0.1, 0.15) is 11.6 Å². The fourth-order valence-corrected chi connectivity index (χ4v) is 3.59. The van der Waals surface area contributed by atoms with Crippen molar-refractivity contribution in [2.24, 2.45) is 0 Å². The second-order valence-corrected chi connectivity index (χ2v) is 7.92. The zero-order valence-electron chi connectivity index (χ0n) is 16.2. The maximum atomic E-state index is 13.7. The van der Waals surface area contributed by atoms with Gasteiger partial charge in [0.25, 0.3) is 0 Å². The first kappa shape index (κ1) is 22.6. The van der Waals surface area contributed by atoms with E-state index >= 15 is 0 Å². The Morgan fingerprint density at radius 1 is 1.07 bits per heavy atom. The van der Waals surface area contributed by atoms with Crippen molar-refractivity contribution in [1.29, 1.82) is 0 Å². The number of carbonyl (C=O) groups excluding carboxylic acids is 1. The molecule has 10 heteroatoms. The lowest BCUT2D eigenvalue weighted by Crippen LogP contribution is -2.32. The van der Waals surface area contributed by atoms with E-state index in [1.54, 1.807) is 0 Å². The molecule has 0 heterocycles. The highest BCUT2D eigenvalue weighted by atomic mass is 32.2. The third-order valence-electron chi connectivity index (χ3n) is 4.14. The fourth-order valence-electron chi connectivity index (χ4n) is 2.54. The quantitative estimate of drug-likeness (QED) is 0.663. The molecule has 0 saturated heterocycles. The predicted octanol–water partition coefficient (Wildman–Crippen LogP) is 2.31. The van der Waals surface area contributed by atoms with Gasteiger partial charge < -0.3 is 14.4 Å². The average Bonchev–Trinajstić information content (AvgIpc) is 2.69. The second kappa shape index (κ2) is 9.66. The highest BCUT2D eigenvalue weighted by molar-refractivity contribution is 7.89. The number of amides is 1. The van der Waals surface area contributed by atoms with Gasteiger partial charge in [-0.15, -0.1) is 0 Å². The lowest BCUT2D eigenvalue weighted by atomic mass is 10.2. The Kier molecular flexibility index (Phi) is 7.52. The van der Waals surface area contributed by atoms with Crippen molar-refractivity contribution >= 4 is 15.9 Å². The molecule has 1 amide bonds. The van der Waals surface area contributed by atoms with Crippen molar-refractivity contribution in [3.05, 3.63) is 53.6 Å². The van der Waals surface area contributed by atoms with Gasteiger partial charge in [0.05, 0.1) is 19.1 Å². The van der Waals surface area contributed by atoms with Crippen molar-refractivity contribution in [3.8, 4) is 11.5 Å². The molecule has 2 rings (SSSR count). The lowest BCUT2D eigenvalue weighted by molar-refractivity contribution is -0.130. The van der Waals surface area contributed by atoms with Crippen molar-refractivity contribution < 1.29 is 31.5 Å². The van der Waals surface area contributed by atoms with Gasteiger partial charge in [0.15, 0.2) is 11.5 Å². The molecule has 1 N–H and O–H groups in total. The van der Waals surface area contributed by atoms with Crippen LogP contribution in [-0.4, -0.2) is 47.0 Å². The summed E-state index contributed by atoms with van der Waals surface area (Å²) < 4.78 is 63.9. The first-order valence-electron chi connectivity index (χ1n) is 8.57. The minimum atomic E-state index is -3.87. The Bertz CT molecular complexity index is 983. The van der Waals surface area contributed by atoms with E-state index in [4.69, 9.17) is 9.47 Å². The van der Waals surface area contributed by atoms with E-state index in [1.165, 1.54) is 50.4 Å². The van der Waals surface area contributed by atoms with Gasteiger partial charge in [-0.05, 0) is 18.2 Å². The molecule has 0 atom stereocenters. The third-order valence-corrected chi connectivity index (χ3v) is 5.60. The summed E-state index contributed by atoms with van der Waals surface area (Å²) in [7, 11) is 0.409. The molecular weight excluding hydrogens is 406 g/mol. The standard InChI is InChI=1S/C19H22F2N2O5S/c1-23(12-13-4-5-14(20)10-16(13)21)19(24)8-9-22-29(25,26)15-6-7-17(27-2)18(11-15)28-3/h4-7,10-11,22H,8-9,12H2,1-3H3. The summed E-state index contributed by atoms with van der Waals surface area (Å²) in [6.07, 6.45) is -0.133. The first-order valence-corrected chi connectivity index (χ1v) is 10.1. The number of nitrogens with zero attached hydrogens (tertiary/aromatic N) is 1. The molecule has 0 aliphatic heterocycles. The molecule has 0 fully saturated rings. The number of sulfonamides is 1. The molecule has 29 heavy (non-hydrogen) atoms. The number of rotatable bonds is 9. The van der Waals surface area contributed by atoms with Gasteiger partial charge in [-0.2, -0.15) is 0 Å². The smallest absolute Gasteiger partial charge is 0.240 e. The minimum absolute atomic E-state index is 0.0377. The summed E-state index contributed by atoms with van der Waals surface area (Å²) in [5.41, 5.74) is 0.160. The zero-order valence-corrected chi connectivity index (χ0v) is 17.1. The highest BCUT2D eigenvalue weighted by Gasteiger charge is 2.18. The van der Waals surface area contributed by atoms with Crippen LogP contribution in [0.5, 0.6) is 11.5 Å². The summed E-state index contributed by atoms with van der Waals surface area (Å²) in [4.78, 5) is 13.4. The SMILES string of the molecule is COc1ccc(S(=O)(=O)NCCC(=O)N(C)Cc2ccc(F)cc2F)cc1OC. The van der Waals surface area contributed by atoms with Crippen LogP contribution in [0.2, 0.25) is 0 Å². The molecule has 0 bridgehead atoms. The number of nitrogens with one attached hydrogen (secondary N) is 1. The monoisotopic (exact) mass is 428 g/mol. The maximum absolute atomic E-state index is 13.7. The van der Waals surface area contributed by atoms with Crippen molar-refractivity contribution in [2.45, 2.75) is 17.9 Å². The molecule has 2 aromatic carbocycles. The molecule has 0 aliphatic carbocycles. The van der Waals surface area contributed by atoms with Gasteiger partial charge in [0, 0.05) is 44.3 Å². The zero-order chi connectivity index (χ0) is 21.6. The largest absolute Gasteiger partial charge is 0.493 e. The molecule has 7 nitrogen and oxygen atoms in total. The predicted molar refractivity (Wildman–Crippen MR) is 102 cm³/mol. The molecule has 158 valence electrons. The minimum Gasteiger partial charge on any atom is -0.493 e. The van der Waals surface area contributed by atoms with Crippen molar-refractivity contribution in [1.82, 2.24) is 9.62 Å². The Hall–Kier alpha value is -2.72. The van der Waals surface area contributed by atoms with Crippen molar-refractivity contribution in [2.75, 3.05) is 27.8 Å². The van der Waals surface area contributed by atoms with E-state index in [0.29, 0.717) is 5.75 Å². The van der Waals surface area contributed by atoms with Gasteiger partial charge in [0.2, 0.25) is 15.9 Å². The number of carbonyl (C=O) groups is 1. The number of methoxy groups -OCH3 is 2. The maximum Gasteiger partial charge on any atom is 0.240 e. The fraction of sp³-hybridized carbons (Fsp3) is 0.316. The second-order valence-electron chi connectivity index (χ2n) is 6.15. The molecule has 0 radical (unpaired) electrons. The molecular formula is C19H22F2N2O5S. The summed E-state index contributed by atoms with van der Waals surface area (Å²) in [5.74, 6) is -1.21. The van der Waals surface area contributed by atoms with Crippen LogP contribution >= 0.6 is 0 Å². The highest BCUT2D eigenvalue weighted by Crippen LogP contribution is 2.29. The molecule has 2 aromatic rings. The molecule has 0 aliphatic rings. The summed E-state index contributed by atoms with van der Waals surface area (Å²) in [6, 6.07) is 7.23. The summed E-state index contributed by atoms with van der Waals surface area (Å²) in [5, 5.41) is 0. The van der Waals surface area contributed by atoms with Crippen LogP contribution in [0, 0.1) is 11.6 Å². The van der Waals surface area contributed by atoms with E-state index in [2.05, 4.69) is 4.72 Å². The van der Waals surface area contributed by atoms with E-state index < -0.39 is 27.6 Å². The van der Waals surface area contributed by atoms with Crippen molar-refractivity contribution in [3.63, 3.8) is 0 Å². The topological polar surface area (TPSA) is 84.9 Å². The Morgan fingerprint density at radius 2 is 1.76 bits per heavy atom. The van der Waals surface area contributed by atoms with Gasteiger partial charge in [-0.25, -0.2) is 21.9 Å². The normalized spacial score (nSPS) is 11.2. The van der Waals surface area contributed by atoms with Crippen LogP contribution in [-0.2, 0) is 21.4 Å². The number of halogens is 2. The number of hydrogen-bond acceptors (Lipinski definition) is 5. The Balaban J connectivity index is 1.94. The van der Waals surface area contributed by atoms with Crippen LogP contribution in [0.4, 0.5) is 8.78 Å². The van der Waals surface area contributed by atoms with Gasteiger partial charge in [-0.1, -0.05) is 6.07 Å². The Labute approximate surface area is 168 Å². The van der Waals surface area contributed by atoms with Gasteiger partial charge >= 0.3 is 0 Å². The molecule has 0 saturated carbocycles. The van der Waals surface area contributed by atoms with E-state index in [9.17, 15) is 22.0 Å². The van der Waals surface area contributed by atoms with E-state index in [0.717, 1.165) is 12.1 Å². The van der Waals surface area contributed by atoms with Crippen LogP contribution in [0.3, 0.4) is 0 Å². The van der Waals surface area contributed by atoms with Crippen LogP contribution < -0.4 is 14.2 Å². The third kappa shape index (κ3) is 5.88. The van der Waals surface area contributed by atoms with E-state index in [1.807, 2.05) is 0 Å². The number of hydrogen-bond donors (Lipinski definition) is 1. The molecule has 0 unspecified atom stereocenters. The Morgan fingerprint density at radius 3 is 2.38 bits per heavy atom. The van der Waals surface area contributed by atoms with Crippen LogP contribution in [0.25, 0.3) is 0 Å². The van der Waals surface area contributed by atoms with E-state index in [-0.39, 0.29) is 35.7 Å². The number of ether oxygens (including phenoxy) is 2. The van der Waals surface area contributed by atoms with Crippen LogP contribution in [0.15, 0.2) is 41.3 Å². The average molecular weight is 428 g/mol. The first-order chi connectivity index (χ1) is 13.7.